The number of aromatic nitrogens is 1. The van der Waals surface area contributed by atoms with E-state index in [1.165, 1.54) is 0 Å². The number of carbonyl (C=O) groups excluding carboxylic acids is 1. The summed E-state index contributed by atoms with van der Waals surface area (Å²) in [6, 6.07) is 7.72. The second-order valence-electron chi connectivity index (χ2n) is 5.57. The molecule has 5 heteroatoms. The number of ether oxygens (including phenoxy) is 1. The van der Waals surface area contributed by atoms with Gasteiger partial charge in [0.1, 0.15) is 0 Å². The monoisotopic (exact) mass is 287 g/mol. The Morgan fingerprint density at radius 3 is 2.95 bits per heavy atom. The molecule has 1 saturated heterocycles. The Hall–Kier alpha value is -1.85. The molecule has 1 aliphatic rings. The summed E-state index contributed by atoms with van der Waals surface area (Å²) in [5.74, 6) is -0.0767. The van der Waals surface area contributed by atoms with Crippen molar-refractivity contribution < 1.29 is 9.53 Å². The van der Waals surface area contributed by atoms with E-state index < -0.39 is 6.04 Å². The highest BCUT2D eigenvalue weighted by molar-refractivity contribution is 5.86. The first-order valence-corrected chi connectivity index (χ1v) is 7.43. The van der Waals surface area contributed by atoms with Crippen molar-refractivity contribution in [3.63, 3.8) is 0 Å². The van der Waals surface area contributed by atoms with Gasteiger partial charge in [-0.05, 0) is 30.9 Å². The number of H-pyrrole nitrogens is 1. The number of hydrogen-bond acceptors (Lipinski definition) is 3. The van der Waals surface area contributed by atoms with E-state index in [-0.39, 0.29) is 11.9 Å². The van der Waals surface area contributed by atoms with Crippen molar-refractivity contribution in [3.05, 3.63) is 36.0 Å². The number of hydrogen-bond donors (Lipinski definition) is 3. The quantitative estimate of drug-likeness (QED) is 0.793. The van der Waals surface area contributed by atoms with E-state index in [2.05, 4.69) is 10.3 Å². The zero-order valence-corrected chi connectivity index (χ0v) is 12.0. The number of fused-ring (bicyclic) bond motifs is 1. The Kier molecular flexibility index (Phi) is 4.22. The topological polar surface area (TPSA) is 80.1 Å². The molecule has 0 aliphatic carbocycles. The maximum atomic E-state index is 12.2. The molecule has 4 N–H and O–H groups in total. The van der Waals surface area contributed by atoms with E-state index in [1.54, 1.807) is 0 Å². The molecular formula is C16H21N3O2. The fourth-order valence-corrected chi connectivity index (χ4v) is 2.78. The summed E-state index contributed by atoms with van der Waals surface area (Å²) in [6.45, 7) is 1.42. The maximum Gasteiger partial charge on any atom is 0.237 e. The zero-order chi connectivity index (χ0) is 14.7. The van der Waals surface area contributed by atoms with Crippen LogP contribution in [0.25, 0.3) is 10.9 Å². The third-order valence-corrected chi connectivity index (χ3v) is 4.02. The van der Waals surface area contributed by atoms with Crippen molar-refractivity contribution in [3.8, 4) is 0 Å². The molecule has 21 heavy (non-hydrogen) atoms. The largest absolute Gasteiger partial charge is 0.381 e. The van der Waals surface area contributed by atoms with Gasteiger partial charge >= 0.3 is 0 Å². The van der Waals surface area contributed by atoms with Gasteiger partial charge in [0.15, 0.2) is 0 Å². The fourth-order valence-electron chi connectivity index (χ4n) is 2.78. The Morgan fingerprint density at radius 2 is 2.14 bits per heavy atom. The third kappa shape index (κ3) is 3.25. The minimum Gasteiger partial charge on any atom is -0.381 e. The van der Waals surface area contributed by atoms with E-state index in [0.717, 1.165) is 29.3 Å². The SMILES string of the molecule is NC(Cc1c[nH]c2ccccc12)C(=O)NC1CCOCC1. The molecule has 0 spiro atoms. The summed E-state index contributed by atoms with van der Waals surface area (Å²) in [7, 11) is 0. The second kappa shape index (κ2) is 6.28. The van der Waals surface area contributed by atoms with Crippen LogP contribution in [-0.4, -0.2) is 36.2 Å². The number of nitrogens with two attached hydrogens (primary N) is 1. The van der Waals surface area contributed by atoms with Crippen molar-refractivity contribution in [1.82, 2.24) is 10.3 Å². The van der Waals surface area contributed by atoms with Crippen LogP contribution < -0.4 is 11.1 Å². The normalized spacial score (nSPS) is 17.8. The predicted octanol–water partition coefficient (Wildman–Crippen LogP) is 1.33. The summed E-state index contributed by atoms with van der Waals surface area (Å²) < 4.78 is 5.29. The third-order valence-electron chi connectivity index (χ3n) is 4.02. The van der Waals surface area contributed by atoms with Crippen LogP contribution in [0, 0.1) is 0 Å². The van der Waals surface area contributed by atoms with Gasteiger partial charge in [0.05, 0.1) is 6.04 Å². The average Bonchev–Trinajstić information content (AvgIpc) is 2.91. The predicted molar refractivity (Wildman–Crippen MR) is 82.0 cm³/mol. The Morgan fingerprint density at radius 1 is 1.38 bits per heavy atom. The van der Waals surface area contributed by atoms with Crippen LogP contribution in [0.4, 0.5) is 0 Å². The van der Waals surface area contributed by atoms with Gasteiger partial charge in [0.2, 0.25) is 5.91 Å². The Balaban J connectivity index is 1.62. The van der Waals surface area contributed by atoms with Gasteiger partial charge in [-0.3, -0.25) is 4.79 Å². The molecular weight excluding hydrogens is 266 g/mol. The van der Waals surface area contributed by atoms with E-state index in [0.29, 0.717) is 19.6 Å². The molecule has 0 saturated carbocycles. The molecule has 2 aromatic rings. The van der Waals surface area contributed by atoms with E-state index >= 15 is 0 Å². The van der Waals surface area contributed by atoms with Gasteiger partial charge in [-0.1, -0.05) is 18.2 Å². The first-order chi connectivity index (χ1) is 10.2. The van der Waals surface area contributed by atoms with Gasteiger partial charge in [0, 0.05) is 36.4 Å². The van der Waals surface area contributed by atoms with Gasteiger partial charge in [-0.25, -0.2) is 0 Å². The maximum absolute atomic E-state index is 12.2. The number of nitrogens with one attached hydrogen (secondary N) is 2. The van der Waals surface area contributed by atoms with Crippen LogP contribution in [0.1, 0.15) is 18.4 Å². The summed E-state index contributed by atoms with van der Waals surface area (Å²) in [6.07, 6.45) is 4.21. The van der Waals surface area contributed by atoms with Crippen LogP contribution >= 0.6 is 0 Å². The van der Waals surface area contributed by atoms with Crippen molar-refractivity contribution in [2.75, 3.05) is 13.2 Å². The summed E-state index contributed by atoms with van der Waals surface area (Å²) in [5.41, 5.74) is 8.22. The molecule has 112 valence electrons. The van der Waals surface area contributed by atoms with Crippen molar-refractivity contribution in [1.29, 1.82) is 0 Å². The van der Waals surface area contributed by atoms with Gasteiger partial charge in [-0.2, -0.15) is 0 Å². The molecule has 1 fully saturated rings. The fraction of sp³-hybridized carbons (Fsp3) is 0.438. The van der Waals surface area contributed by atoms with Crippen LogP contribution in [0.2, 0.25) is 0 Å². The standard InChI is InChI=1S/C16H21N3O2/c17-14(16(20)19-12-5-7-21-8-6-12)9-11-10-18-15-4-2-1-3-13(11)15/h1-4,10,12,14,18H,5-9,17H2,(H,19,20). The lowest BCUT2D eigenvalue weighted by molar-refractivity contribution is -0.123. The smallest absolute Gasteiger partial charge is 0.237 e. The van der Waals surface area contributed by atoms with Crippen LogP contribution in [-0.2, 0) is 16.0 Å². The molecule has 1 aromatic heterocycles. The molecule has 0 radical (unpaired) electrons. The number of benzene rings is 1. The van der Waals surface area contributed by atoms with E-state index in [4.69, 9.17) is 10.5 Å². The Bertz CT molecular complexity index is 617. The van der Waals surface area contributed by atoms with E-state index in [1.807, 2.05) is 30.5 Å². The molecule has 5 nitrogen and oxygen atoms in total. The summed E-state index contributed by atoms with van der Waals surface area (Å²) in [4.78, 5) is 15.4. The number of rotatable bonds is 4. The molecule has 1 atom stereocenters. The lowest BCUT2D eigenvalue weighted by atomic mass is 10.0. The highest BCUT2D eigenvalue weighted by Gasteiger charge is 2.21. The summed E-state index contributed by atoms with van der Waals surface area (Å²) >= 11 is 0. The second-order valence-corrected chi connectivity index (χ2v) is 5.57. The molecule has 1 aromatic carbocycles. The minimum atomic E-state index is -0.521. The van der Waals surface area contributed by atoms with Gasteiger partial charge < -0.3 is 20.8 Å². The van der Waals surface area contributed by atoms with Crippen molar-refractivity contribution in [2.45, 2.75) is 31.3 Å². The first kappa shape index (κ1) is 14.1. The number of amides is 1. The van der Waals surface area contributed by atoms with Crippen molar-refractivity contribution >= 4 is 16.8 Å². The van der Waals surface area contributed by atoms with Crippen molar-refractivity contribution in [2.24, 2.45) is 5.73 Å². The van der Waals surface area contributed by atoms with E-state index in [9.17, 15) is 4.79 Å². The van der Waals surface area contributed by atoms with Crippen LogP contribution in [0.5, 0.6) is 0 Å². The van der Waals surface area contributed by atoms with Crippen LogP contribution in [0.3, 0.4) is 0 Å². The molecule has 1 amide bonds. The van der Waals surface area contributed by atoms with Crippen LogP contribution in [0.15, 0.2) is 30.5 Å². The lowest BCUT2D eigenvalue weighted by Crippen LogP contribution is -2.48. The first-order valence-electron chi connectivity index (χ1n) is 7.43. The number of para-hydroxylation sites is 1. The van der Waals surface area contributed by atoms with Gasteiger partial charge in [-0.15, -0.1) is 0 Å². The van der Waals surface area contributed by atoms with Gasteiger partial charge in [0.25, 0.3) is 0 Å². The molecule has 1 unspecified atom stereocenters. The molecule has 1 aliphatic heterocycles. The summed E-state index contributed by atoms with van der Waals surface area (Å²) in [5, 5.41) is 4.16. The highest BCUT2D eigenvalue weighted by Crippen LogP contribution is 2.18. The number of aromatic amines is 1. The molecule has 2 heterocycles. The molecule has 0 bridgehead atoms. The highest BCUT2D eigenvalue weighted by atomic mass is 16.5. The Labute approximate surface area is 123 Å². The lowest BCUT2D eigenvalue weighted by Gasteiger charge is -2.24. The average molecular weight is 287 g/mol. The minimum absolute atomic E-state index is 0.0767. The number of carbonyl (C=O) groups is 1. The molecule has 3 rings (SSSR count). The zero-order valence-electron chi connectivity index (χ0n) is 12.0.